The second kappa shape index (κ2) is 17.9. The molecule has 15 heteroatoms. The maximum atomic E-state index is 14.8. The summed E-state index contributed by atoms with van der Waals surface area (Å²) in [6.45, 7) is -1.51. The van der Waals surface area contributed by atoms with Crippen LogP contribution in [0.5, 0.6) is 0 Å². The number of rotatable bonds is 13. The van der Waals surface area contributed by atoms with Crippen molar-refractivity contribution < 1.29 is 53.2 Å². The molecular weight excluding hydrogens is 873 g/mol. The van der Waals surface area contributed by atoms with Crippen LogP contribution in [0.1, 0.15) is 34.9 Å². The maximum absolute atomic E-state index is 14.8. The van der Waals surface area contributed by atoms with Gasteiger partial charge in [0.05, 0.1) is 11.4 Å². The number of halogens is 10. The predicted octanol–water partition coefficient (Wildman–Crippen LogP) is 14.5. The Morgan fingerprint density at radius 1 is 0.485 bits per heavy atom. The number of aromatic nitrogens is 1. The van der Waals surface area contributed by atoms with E-state index in [4.69, 9.17) is 14.3 Å². The van der Waals surface area contributed by atoms with Crippen molar-refractivity contribution in [2.75, 3.05) is 13.2 Å². The lowest BCUT2D eigenvalue weighted by atomic mass is 9.94. The van der Waals surface area contributed by atoms with E-state index in [1.165, 1.54) is 6.07 Å². The van der Waals surface area contributed by atoms with E-state index in [0.29, 0.717) is 28.0 Å². The molecule has 66 heavy (non-hydrogen) atoms. The Hall–Kier alpha value is -6.71. The molecule has 6 aromatic carbocycles. The quantitative estimate of drug-likeness (QED) is 0.0854. The van der Waals surface area contributed by atoms with Crippen LogP contribution in [0.3, 0.4) is 0 Å². The van der Waals surface area contributed by atoms with Gasteiger partial charge in [-0.05, 0) is 58.9 Å². The van der Waals surface area contributed by atoms with E-state index in [-0.39, 0.29) is 33.8 Å². The van der Waals surface area contributed by atoms with Crippen molar-refractivity contribution in [3.63, 3.8) is 0 Å². The molecule has 0 unspecified atom stereocenters. The molecule has 0 amide bonds. The molecule has 0 saturated carbocycles. The standard InChI is InChI=1S/C51H37BF10N2O2/c1-32-17-19-40(20-18-32)46-42-16-10-9-15-41(42)45(63-46)33(2)47-43(38-25-21-36(22-26-38)34-11-5-3-6-12-34)29-44(39-27-23-37(24-28-39)35-13-7-4-8-14-35)64(47)52(65-30-48(53,54)50(57,58)59)66-31-49(55,56)51(60,61)62/h3-29H,30-31H2,1-2H3/b45-33-. The SMILES string of the molecule is C/C(=C1/N=C(c2ccc(C)cc2)c2ccccc21)c1c(-c2ccc(-c3ccccc3)cc2)cc(-c2ccc(-c3ccccc3)cc2)n1B(OCC(F)(F)C(F)(F)F)OCC(F)(F)C(F)(F)F. The minimum absolute atomic E-state index is 0.0426. The molecule has 0 spiro atoms. The third kappa shape index (κ3) is 9.23. The van der Waals surface area contributed by atoms with Crippen molar-refractivity contribution in [1.29, 1.82) is 0 Å². The second-order valence-electron chi connectivity index (χ2n) is 15.7. The van der Waals surface area contributed by atoms with E-state index in [2.05, 4.69) is 0 Å². The highest BCUT2D eigenvalue weighted by molar-refractivity contribution is 6.44. The Balaban J connectivity index is 1.42. The maximum Gasteiger partial charge on any atom is 0.598 e. The van der Waals surface area contributed by atoms with Crippen LogP contribution in [-0.2, 0) is 9.31 Å². The summed E-state index contributed by atoms with van der Waals surface area (Å²) in [6, 6.07) is 48.2. The topological polar surface area (TPSA) is 35.8 Å². The van der Waals surface area contributed by atoms with Crippen LogP contribution < -0.4 is 0 Å². The summed E-state index contributed by atoms with van der Waals surface area (Å²) in [6.07, 6.45) is -12.4. The third-order valence-corrected chi connectivity index (χ3v) is 11.2. The van der Waals surface area contributed by atoms with Crippen LogP contribution in [0.15, 0.2) is 169 Å². The first-order valence-corrected chi connectivity index (χ1v) is 20.5. The van der Waals surface area contributed by atoms with Gasteiger partial charge in [0, 0.05) is 33.6 Å². The lowest BCUT2D eigenvalue weighted by Gasteiger charge is -2.27. The molecule has 0 fully saturated rings. The van der Waals surface area contributed by atoms with Gasteiger partial charge in [0.15, 0.2) is 0 Å². The van der Waals surface area contributed by atoms with Crippen LogP contribution >= 0.6 is 0 Å². The highest BCUT2D eigenvalue weighted by Crippen LogP contribution is 2.45. The Morgan fingerprint density at radius 3 is 1.38 bits per heavy atom. The van der Waals surface area contributed by atoms with Gasteiger partial charge in [-0.25, -0.2) is 4.99 Å². The molecule has 336 valence electrons. The van der Waals surface area contributed by atoms with Gasteiger partial charge in [0.2, 0.25) is 0 Å². The number of alkyl halides is 10. The molecule has 0 atom stereocenters. The summed E-state index contributed by atoms with van der Waals surface area (Å²) in [5.41, 5.74) is 8.02. The summed E-state index contributed by atoms with van der Waals surface area (Å²) in [5.74, 6) is -11.2. The predicted molar refractivity (Wildman–Crippen MR) is 237 cm³/mol. The van der Waals surface area contributed by atoms with Crippen LogP contribution in [0.4, 0.5) is 43.9 Å². The van der Waals surface area contributed by atoms with Crippen LogP contribution in [0.25, 0.3) is 55.9 Å². The smallest absolute Gasteiger partial charge is 0.385 e. The Labute approximate surface area is 373 Å². The zero-order chi connectivity index (χ0) is 47.0. The van der Waals surface area contributed by atoms with Crippen LogP contribution in [0, 0.1) is 6.92 Å². The Bertz CT molecular complexity index is 2860. The molecule has 2 heterocycles. The van der Waals surface area contributed by atoms with E-state index >= 15 is 0 Å². The van der Waals surface area contributed by atoms with Crippen LogP contribution in [0.2, 0.25) is 0 Å². The van der Waals surface area contributed by atoms with Crippen molar-refractivity contribution in [3.05, 3.63) is 192 Å². The van der Waals surface area contributed by atoms with Gasteiger partial charge < -0.3 is 13.8 Å². The number of hydrogen-bond donors (Lipinski definition) is 0. The van der Waals surface area contributed by atoms with E-state index in [1.807, 2.05) is 97.9 Å². The summed E-state index contributed by atoms with van der Waals surface area (Å²) in [4.78, 5) is 5.05. The Morgan fingerprint density at radius 2 is 0.894 bits per heavy atom. The average molecular weight is 911 g/mol. The molecule has 4 nitrogen and oxygen atoms in total. The first-order valence-electron chi connectivity index (χ1n) is 20.5. The zero-order valence-corrected chi connectivity index (χ0v) is 35.1. The molecule has 7 aromatic rings. The van der Waals surface area contributed by atoms with Crippen LogP contribution in [-0.4, -0.2) is 54.9 Å². The number of fused-ring (bicyclic) bond motifs is 1. The molecule has 1 aliphatic heterocycles. The number of allylic oxidation sites excluding steroid dienone is 1. The summed E-state index contributed by atoms with van der Waals surface area (Å²) in [7, 11) is -2.74. The average Bonchev–Trinajstić information content (AvgIpc) is 3.89. The largest absolute Gasteiger partial charge is 0.598 e. The molecular formula is C51H37BF10N2O2. The van der Waals surface area contributed by atoms with Gasteiger partial charge in [-0.1, -0.05) is 163 Å². The van der Waals surface area contributed by atoms with Gasteiger partial charge in [-0.3, -0.25) is 0 Å². The Kier molecular flexibility index (Phi) is 12.5. The van der Waals surface area contributed by atoms with E-state index in [9.17, 15) is 43.9 Å². The van der Waals surface area contributed by atoms with Crippen molar-refractivity contribution in [2.45, 2.75) is 38.0 Å². The van der Waals surface area contributed by atoms with Gasteiger partial charge in [-0.15, -0.1) is 0 Å². The lowest BCUT2D eigenvalue weighted by molar-refractivity contribution is -0.295. The first kappa shape index (κ1) is 45.8. The molecule has 0 aliphatic carbocycles. The molecule has 0 N–H and O–H groups in total. The van der Waals surface area contributed by atoms with Crippen molar-refractivity contribution in [3.8, 4) is 44.6 Å². The molecule has 1 aromatic heterocycles. The zero-order valence-electron chi connectivity index (χ0n) is 35.1. The molecule has 1 aliphatic rings. The van der Waals surface area contributed by atoms with Gasteiger partial charge >= 0.3 is 31.5 Å². The molecule has 8 rings (SSSR count). The van der Waals surface area contributed by atoms with Crippen molar-refractivity contribution >= 4 is 24.2 Å². The summed E-state index contributed by atoms with van der Waals surface area (Å²) < 4.78 is 153. The second-order valence-corrected chi connectivity index (χ2v) is 15.7. The number of aryl methyl sites for hydroxylation is 1. The van der Waals surface area contributed by atoms with Crippen molar-refractivity contribution in [1.82, 2.24) is 4.48 Å². The minimum Gasteiger partial charge on any atom is -0.385 e. The fourth-order valence-electron chi connectivity index (χ4n) is 7.68. The van der Waals surface area contributed by atoms with Gasteiger partial charge in [0.1, 0.15) is 13.2 Å². The van der Waals surface area contributed by atoms with Gasteiger partial charge in [0.25, 0.3) is 0 Å². The molecule has 0 saturated heterocycles. The molecule has 0 radical (unpaired) electrons. The lowest BCUT2D eigenvalue weighted by Crippen LogP contribution is -2.48. The first-order chi connectivity index (χ1) is 31.3. The number of hydrogen-bond acceptors (Lipinski definition) is 3. The fourth-order valence-corrected chi connectivity index (χ4v) is 7.68. The number of nitrogens with zero attached hydrogens (tertiary/aromatic N) is 2. The summed E-state index contributed by atoms with van der Waals surface area (Å²) >= 11 is 0. The third-order valence-electron chi connectivity index (χ3n) is 11.2. The highest BCUT2D eigenvalue weighted by atomic mass is 19.4. The normalized spacial score (nSPS) is 14.0. The number of aliphatic imine (C=N–C) groups is 1. The number of benzene rings is 6. The van der Waals surface area contributed by atoms with Gasteiger partial charge in [-0.2, -0.15) is 43.9 Å². The van der Waals surface area contributed by atoms with E-state index in [1.54, 1.807) is 73.7 Å². The summed E-state index contributed by atoms with van der Waals surface area (Å²) in [5, 5.41) is 0. The highest BCUT2D eigenvalue weighted by Gasteiger charge is 2.60. The van der Waals surface area contributed by atoms with E-state index in [0.717, 1.165) is 32.3 Å². The van der Waals surface area contributed by atoms with E-state index < -0.39 is 44.7 Å². The van der Waals surface area contributed by atoms with Crippen molar-refractivity contribution in [2.24, 2.45) is 4.99 Å². The monoisotopic (exact) mass is 910 g/mol. The fraction of sp³-hybridized carbons (Fsp3) is 0.157. The molecule has 0 bridgehead atoms. The minimum atomic E-state index is -6.19.